The summed E-state index contributed by atoms with van der Waals surface area (Å²) in [6, 6.07) is 11.3. The Balaban J connectivity index is 2.03. The molecule has 0 unspecified atom stereocenters. The lowest BCUT2D eigenvalue weighted by atomic mass is 10.2. The summed E-state index contributed by atoms with van der Waals surface area (Å²) in [5, 5.41) is 3.64. The van der Waals surface area contributed by atoms with Crippen LogP contribution >= 0.6 is 0 Å². The average molecular weight is 260 g/mol. The Kier molecular flexibility index (Phi) is 3.97. The van der Waals surface area contributed by atoms with E-state index in [9.17, 15) is 13.6 Å². The highest BCUT2D eigenvalue weighted by Gasteiger charge is 2.08. The quantitative estimate of drug-likeness (QED) is 0.669. The third-order valence-electron chi connectivity index (χ3n) is 2.35. The molecule has 0 atom stereocenters. The molecule has 19 heavy (non-hydrogen) atoms. The van der Waals surface area contributed by atoms with E-state index in [1.807, 2.05) is 0 Å². The molecule has 2 rings (SSSR count). The van der Waals surface area contributed by atoms with Gasteiger partial charge in [0.2, 0.25) is 0 Å². The van der Waals surface area contributed by atoms with Gasteiger partial charge in [-0.1, -0.05) is 24.3 Å². The third-order valence-corrected chi connectivity index (χ3v) is 2.35. The maximum Gasteiger partial charge on any atom is 0.274 e. The number of hydrazone groups is 1. The largest absolute Gasteiger partial charge is 0.274 e. The van der Waals surface area contributed by atoms with Gasteiger partial charge in [0.05, 0.1) is 11.8 Å². The van der Waals surface area contributed by atoms with Crippen LogP contribution in [-0.2, 0) is 0 Å². The number of amides is 1. The number of hydrogen-bond donors (Lipinski definition) is 1. The first-order chi connectivity index (χ1) is 9.16. The topological polar surface area (TPSA) is 41.5 Å². The first-order valence-electron chi connectivity index (χ1n) is 5.50. The van der Waals surface area contributed by atoms with Crippen molar-refractivity contribution in [3.63, 3.8) is 0 Å². The summed E-state index contributed by atoms with van der Waals surface area (Å²) in [6.45, 7) is 0. The molecule has 0 spiro atoms. The molecule has 0 saturated carbocycles. The Morgan fingerprint density at radius 1 is 1.11 bits per heavy atom. The molecule has 0 bridgehead atoms. The number of hydrogen-bond acceptors (Lipinski definition) is 2. The molecular formula is C14H10F2N2O. The van der Waals surface area contributed by atoms with Crippen molar-refractivity contribution in [3.05, 3.63) is 71.3 Å². The van der Waals surface area contributed by atoms with E-state index in [-0.39, 0.29) is 5.56 Å². The first-order valence-corrected chi connectivity index (χ1v) is 5.50. The van der Waals surface area contributed by atoms with Gasteiger partial charge in [-0.3, -0.25) is 4.79 Å². The summed E-state index contributed by atoms with van der Waals surface area (Å²) in [4.78, 5) is 11.6. The van der Waals surface area contributed by atoms with Crippen LogP contribution in [0.3, 0.4) is 0 Å². The van der Waals surface area contributed by atoms with E-state index >= 15 is 0 Å². The summed E-state index contributed by atoms with van der Waals surface area (Å²) in [6.07, 6.45) is 1.28. The minimum absolute atomic E-state index is 0.0982. The normalized spacial score (nSPS) is 10.6. The number of nitrogens with one attached hydrogen (secondary N) is 1. The van der Waals surface area contributed by atoms with E-state index in [0.29, 0.717) is 5.56 Å². The van der Waals surface area contributed by atoms with Crippen molar-refractivity contribution in [2.24, 2.45) is 5.10 Å². The number of halogens is 2. The maximum absolute atomic E-state index is 13.3. The van der Waals surface area contributed by atoms with Crippen molar-refractivity contribution >= 4 is 12.1 Å². The molecule has 0 radical (unpaired) electrons. The number of carbonyl (C=O) groups is 1. The van der Waals surface area contributed by atoms with Gasteiger partial charge in [-0.05, 0) is 29.8 Å². The van der Waals surface area contributed by atoms with Gasteiger partial charge in [0.15, 0.2) is 0 Å². The zero-order chi connectivity index (χ0) is 13.7. The maximum atomic E-state index is 13.3. The van der Waals surface area contributed by atoms with E-state index in [4.69, 9.17) is 0 Å². The highest BCUT2D eigenvalue weighted by Crippen LogP contribution is 2.05. The lowest BCUT2D eigenvalue weighted by molar-refractivity contribution is 0.0951. The van der Waals surface area contributed by atoms with Crippen molar-refractivity contribution < 1.29 is 13.6 Å². The van der Waals surface area contributed by atoms with Crippen molar-refractivity contribution in [3.8, 4) is 0 Å². The third kappa shape index (κ3) is 3.45. The second kappa shape index (κ2) is 5.86. The fourth-order valence-corrected chi connectivity index (χ4v) is 1.46. The molecule has 5 heteroatoms. The van der Waals surface area contributed by atoms with Crippen molar-refractivity contribution in [2.45, 2.75) is 0 Å². The molecule has 0 aliphatic rings. The Hall–Kier alpha value is -2.56. The standard InChI is InChI=1S/C14H10F2N2O/c15-11-5-3-4-10(8-11)9-17-18-14(19)12-6-1-2-7-13(12)16/h1-9H,(H,18,19)/b17-9-. The molecule has 0 aliphatic heterocycles. The van der Waals surface area contributed by atoms with Gasteiger partial charge in [-0.2, -0.15) is 5.10 Å². The molecule has 0 aromatic heterocycles. The van der Waals surface area contributed by atoms with E-state index in [1.54, 1.807) is 12.1 Å². The molecule has 1 N–H and O–H groups in total. The van der Waals surface area contributed by atoms with Crippen LogP contribution in [0.15, 0.2) is 53.6 Å². The zero-order valence-electron chi connectivity index (χ0n) is 9.81. The van der Waals surface area contributed by atoms with E-state index in [0.717, 1.165) is 0 Å². The number of nitrogens with zero attached hydrogens (tertiary/aromatic N) is 1. The second-order valence-electron chi connectivity index (χ2n) is 3.73. The van der Waals surface area contributed by atoms with Crippen LogP contribution in [0, 0.1) is 11.6 Å². The summed E-state index contributed by atoms with van der Waals surface area (Å²) >= 11 is 0. The Labute approximate surface area is 108 Å². The number of benzene rings is 2. The van der Waals surface area contributed by atoms with Gasteiger partial charge in [0.25, 0.3) is 5.91 Å². The van der Waals surface area contributed by atoms with Crippen LogP contribution in [-0.4, -0.2) is 12.1 Å². The summed E-state index contributed by atoms with van der Waals surface area (Å²) in [7, 11) is 0. The smallest absolute Gasteiger partial charge is 0.267 e. The molecule has 0 fully saturated rings. The number of rotatable bonds is 3. The summed E-state index contributed by atoms with van der Waals surface area (Å²) in [5.74, 6) is -1.68. The van der Waals surface area contributed by atoms with Gasteiger partial charge in [-0.25, -0.2) is 14.2 Å². The monoisotopic (exact) mass is 260 g/mol. The minimum Gasteiger partial charge on any atom is -0.267 e. The molecule has 0 saturated heterocycles. The predicted octanol–water partition coefficient (Wildman–Crippen LogP) is 2.73. The van der Waals surface area contributed by atoms with E-state index in [2.05, 4.69) is 10.5 Å². The van der Waals surface area contributed by atoms with Gasteiger partial charge < -0.3 is 0 Å². The summed E-state index contributed by atoms with van der Waals surface area (Å²) < 4.78 is 26.2. The highest BCUT2D eigenvalue weighted by molar-refractivity contribution is 5.95. The second-order valence-corrected chi connectivity index (χ2v) is 3.73. The van der Waals surface area contributed by atoms with Gasteiger partial charge in [-0.15, -0.1) is 0 Å². The lowest BCUT2D eigenvalue weighted by Crippen LogP contribution is -2.18. The van der Waals surface area contributed by atoms with Crippen LogP contribution < -0.4 is 5.43 Å². The molecular weight excluding hydrogens is 250 g/mol. The van der Waals surface area contributed by atoms with E-state index in [1.165, 1.54) is 42.6 Å². The minimum atomic E-state index is -0.661. The van der Waals surface area contributed by atoms with Gasteiger partial charge in [0, 0.05) is 0 Å². The average Bonchev–Trinajstić information content (AvgIpc) is 2.39. The zero-order valence-corrected chi connectivity index (χ0v) is 9.81. The molecule has 2 aromatic rings. The Morgan fingerprint density at radius 3 is 2.63 bits per heavy atom. The molecule has 96 valence electrons. The van der Waals surface area contributed by atoms with Gasteiger partial charge in [0.1, 0.15) is 11.6 Å². The van der Waals surface area contributed by atoms with Crippen LogP contribution in [0.4, 0.5) is 8.78 Å². The van der Waals surface area contributed by atoms with Crippen molar-refractivity contribution in [2.75, 3.05) is 0 Å². The van der Waals surface area contributed by atoms with Gasteiger partial charge >= 0.3 is 0 Å². The van der Waals surface area contributed by atoms with Crippen molar-refractivity contribution in [1.29, 1.82) is 0 Å². The molecule has 0 heterocycles. The van der Waals surface area contributed by atoms with Crippen LogP contribution in [0.25, 0.3) is 0 Å². The van der Waals surface area contributed by atoms with E-state index < -0.39 is 17.5 Å². The molecule has 1 amide bonds. The molecule has 0 aliphatic carbocycles. The Bertz CT molecular complexity index is 626. The number of carbonyl (C=O) groups excluding carboxylic acids is 1. The van der Waals surface area contributed by atoms with Crippen molar-refractivity contribution in [1.82, 2.24) is 5.43 Å². The molecule has 3 nitrogen and oxygen atoms in total. The molecule has 2 aromatic carbocycles. The van der Waals surface area contributed by atoms with Crippen LogP contribution in [0.1, 0.15) is 15.9 Å². The lowest BCUT2D eigenvalue weighted by Gasteiger charge is -2.00. The van der Waals surface area contributed by atoms with Crippen LogP contribution in [0.5, 0.6) is 0 Å². The Morgan fingerprint density at radius 2 is 1.89 bits per heavy atom. The summed E-state index contributed by atoms with van der Waals surface area (Å²) in [5.41, 5.74) is 2.57. The predicted molar refractivity (Wildman–Crippen MR) is 67.9 cm³/mol. The highest BCUT2D eigenvalue weighted by atomic mass is 19.1. The first kappa shape index (κ1) is 12.9. The van der Waals surface area contributed by atoms with Crippen LogP contribution in [0.2, 0.25) is 0 Å². The fraction of sp³-hybridized carbons (Fsp3) is 0. The fourth-order valence-electron chi connectivity index (χ4n) is 1.46. The SMILES string of the molecule is O=C(N/N=C\c1cccc(F)c1)c1ccccc1F.